The van der Waals surface area contributed by atoms with Gasteiger partial charge < -0.3 is 9.47 Å². The SMILES string of the molecule is CCCCCCCCCCC(CCCCCCCCCC)OCCOC(=O)CC. The van der Waals surface area contributed by atoms with Crippen LogP contribution in [0.2, 0.25) is 0 Å². The molecule has 0 N–H and O–H groups in total. The molecule has 0 amide bonds. The summed E-state index contributed by atoms with van der Waals surface area (Å²) in [5, 5.41) is 0. The van der Waals surface area contributed by atoms with E-state index in [1.807, 2.05) is 6.92 Å². The van der Waals surface area contributed by atoms with Gasteiger partial charge in [0.05, 0.1) is 12.7 Å². The van der Waals surface area contributed by atoms with Crippen LogP contribution in [0.5, 0.6) is 0 Å². The van der Waals surface area contributed by atoms with Gasteiger partial charge in [-0.25, -0.2) is 0 Å². The van der Waals surface area contributed by atoms with Gasteiger partial charge in [0.2, 0.25) is 0 Å². The maximum absolute atomic E-state index is 11.3. The first-order valence-corrected chi connectivity index (χ1v) is 13.0. The summed E-state index contributed by atoms with van der Waals surface area (Å²) in [6.07, 6.45) is 24.8. The van der Waals surface area contributed by atoms with E-state index < -0.39 is 0 Å². The number of hydrogen-bond acceptors (Lipinski definition) is 3. The molecule has 0 aromatic heterocycles. The van der Waals surface area contributed by atoms with Crippen molar-refractivity contribution in [1.82, 2.24) is 0 Å². The van der Waals surface area contributed by atoms with Crippen LogP contribution in [0.4, 0.5) is 0 Å². The zero-order valence-corrected chi connectivity index (χ0v) is 20.2. The molecule has 0 saturated carbocycles. The first kappa shape index (κ1) is 28.4. The Kier molecular flexibility index (Phi) is 23.2. The molecule has 0 spiro atoms. The van der Waals surface area contributed by atoms with E-state index in [1.54, 1.807) is 0 Å². The molecule has 0 radical (unpaired) electrons. The predicted octanol–water partition coefficient (Wildman–Crippen LogP) is 8.39. The summed E-state index contributed by atoms with van der Waals surface area (Å²) in [5.74, 6) is -0.128. The molecular formula is C26H52O3. The molecule has 0 aliphatic rings. The molecule has 0 rings (SSSR count). The second-order valence-electron chi connectivity index (χ2n) is 8.59. The van der Waals surface area contributed by atoms with Gasteiger partial charge in [0, 0.05) is 6.42 Å². The summed E-state index contributed by atoms with van der Waals surface area (Å²) >= 11 is 0. The first-order chi connectivity index (χ1) is 14.2. The zero-order valence-electron chi connectivity index (χ0n) is 20.2. The van der Waals surface area contributed by atoms with Crippen LogP contribution in [0.3, 0.4) is 0 Å². The van der Waals surface area contributed by atoms with Crippen LogP contribution in [0.15, 0.2) is 0 Å². The summed E-state index contributed by atoms with van der Waals surface area (Å²) in [5.41, 5.74) is 0. The second kappa shape index (κ2) is 23.7. The summed E-state index contributed by atoms with van der Waals surface area (Å²) in [6.45, 7) is 7.32. The molecule has 3 nitrogen and oxygen atoms in total. The van der Waals surface area contributed by atoms with Crippen LogP contribution < -0.4 is 0 Å². The Labute approximate surface area is 182 Å². The van der Waals surface area contributed by atoms with Crippen molar-refractivity contribution in [3.05, 3.63) is 0 Å². The highest BCUT2D eigenvalue weighted by Crippen LogP contribution is 2.17. The Balaban J connectivity index is 3.86. The van der Waals surface area contributed by atoms with Crippen LogP contribution in [-0.4, -0.2) is 25.3 Å². The fourth-order valence-electron chi connectivity index (χ4n) is 3.80. The molecule has 3 heteroatoms. The minimum absolute atomic E-state index is 0.128. The lowest BCUT2D eigenvalue weighted by molar-refractivity contribution is -0.145. The fraction of sp³-hybridized carbons (Fsp3) is 0.962. The summed E-state index contributed by atoms with van der Waals surface area (Å²) in [4.78, 5) is 11.3. The summed E-state index contributed by atoms with van der Waals surface area (Å²) < 4.78 is 11.2. The minimum atomic E-state index is -0.128. The van der Waals surface area contributed by atoms with E-state index in [-0.39, 0.29) is 5.97 Å². The van der Waals surface area contributed by atoms with Gasteiger partial charge in [-0.15, -0.1) is 0 Å². The predicted molar refractivity (Wildman–Crippen MR) is 125 cm³/mol. The van der Waals surface area contributed by atoms with Gasteiger partial charge in [0.15, 0.2) is 0 Å². The fourth-order valence-corrected chi connectivity index (χ4v) is 3.80. The smallest absolute Gasteiger partial charge is 0.305 e. The third-order valence-corrected chi connectivity index (χ3v) is 5.75. The average Bonchev–Trinajstić information content (AvgIpc) is 2.73. The highest BCUT2D eigenvalue weighted by atomic mass is 16.6. The Bertz CT molecular complexity index is 310. The van der Waals surface area contributed by atoms with Crippen molar-refractivity contribution in [2.75, 3.05) is 13.2 Å². The molecule has 0 aromatic rings. The number of carbonyl (C=O) groups is 1. The van der Waals surface area contributed by atoms with Crippen LogP contribution >= 0.6 is 0 Å². The van der Waals surface area contributed by atoms with Crippen LogP contribution in [-0.2, 0) is 14.3 Å². The van der Waals surface area contributed by atoms with Crippen LogP contribution in [0.1, 0.15) is 143 Å². The van der Waals surface area contributed by atoms with Crippen molar-refractivity contribution in [3.8, 4) is 0 Å². The lowest BCUT2D eigenvalue weighted by Gasteiger charge is -2.18. The van der Waals surface area contributed by atoms with Gasteiger partial charge in [-0.2, -0.15) is 0 Å². The third-order valence-electron chi connectivity index (χ3n) is 5.75. The Morgan fingerprint density at radius 1 is 0.586 bits per heavy atom. The summed E-state index contributed by atoms with van der Waals surface area (Å²) in [7, 11) is 0. The van der Waals surface area contributed by atoms with E-state index in [1.165, 1.54) is 103 Å². The maximum Gasteiger partial charge on any atom is 0.305 e. The molecule has 0 saturated heterocycles. The quantitative estimate of drug-likeness (QED) is 0.125. The normalized spacial score (nSPS) is 11.3. The van der Waals surface area contributed by atoms with E-state index in [9.17, 15) is 4.79 Å². The lowest BCUT2D eigenvalue weighted by atomic mass is 10.0. The van der Waals surface area contributed by atoms with Gasteiger partial charge in [-0.1, -0.05) is 124 Å². The van der Waals surface area contributed by atoms with E-state index in [0.717, 1.165) is 12.8 Å². The van der Waals surface area contributed by atoms with Crippen molar-refractivity contribution < 1.29 is 14.3 Å². The molecule has 29 heavy (non-hydrogen) atoms. The number of unbranched alkanes of at least 4 members (excludes halogenated alkanes) is 14. The van der Waals surface area contributed by atoms with Crippen molar-refractivity contribution in [2.45, 2.75) is 149 Å². The number of hydrogen-bond donors (Lipinski definition) is 0. The molecular weight excluding hydrogens is 360 g/mol. The lowest BCUT2D eigenvalue weighted by Crippen LogP contribution is -2.18. The Hall–Kier alpha value is -0.570. The van der Waals surface area contributed by atoms with Crippen molar-refractivity contribution in [1.29, 1.82) is 0 Å². The topological polar surface area (TPSA) is 35.5 Å². The molecule has 0 heterocycles. The highest BCUT2D eigenvalue weighted by molar-refractivity contribution is 5.68. The van der Waals surface area contributed by atoms with E-state index in [0.29, 0.717) is 25.7 Å². The summed E-state index contributed by atoms with van der Waals surface area (Å²) in [6, 6.07) is 0. The molecule has 0 unspecified atom stereocenters. The van der Waals surface area contributed by atoms with E-state index in [2.05, 4.69) is 13.8 Å². The van der Waals surface area contributed by atoms with E-state index in [4.69, 9.17) is 9.47 Å². The van der Waals surface area contributed by atoms with E-state index >= 15 is 0 Å². The van der Waals surface area contributed by atoms with Gasteiger partial charge in [-0.3, -0.25) is 4.79 Å². The van der Waals surface area contributed by atoms with Crippen LogP contribution in [0.25, 0.3) is 0 Å². The first-order valence-electron chi connectivity index (χ1n) is 13.0. The number of rotatable bonds is 23. The second-order valence-corrected chi connectivity index (χ2v) is 8.59. The van der Waals surface area contributed by atoms with Gasteiger partial charge in [0.25, 0.3) is 0 Å². The molecule has 0 aliphatic heterocycles. The molecule has 0 aromatic carbocycles. The van der Waals surface area contributed by atoms with Gasteiger partial charge >= 0.3 is 5.97 Å². The van der Waals surface area contributed by atoms with Gasteiger partial charge in [-0.05, 0) is 12.8 Å². The molecule has 0 bridgehead atoms. The van der Waals surface area contributed by atoms with Crippen LogP contribution in [0, 0.1) is 0 Å². The number of ether oxygens (including phenoxy) is 2. The molecule has 0 fully saturated rings. The highest BCUT2D eigenvalue weighted by Gasteiger charge is 2.10. The largest absolute Gasteiger partial charge is 0.463 e. The van der Waals surface area contributed by atoms with Crippen molar-refractivity contribution in [3.63, 3.8) is 0 Å². The monoisotopic (exact) mass is 412 g/mol. The van der Waals surface area contributed by atoms with Gasteiger partial charge in [0.1, 0.15) is 6.61 Å². The Morgan fingerprint density at radius 3 is 1.41 bits per heavy atom. The number of esters is 1. The van der Waals surface area contributed by atoms with Crippen molar-refractivity contribution >= 4 is 5.97 Å². The average molecular weight is 413 g/mol. The Morgan fingerprint density at radius 2 is 1.00 bits per heavy atom. The zero-order chi connectivity index (χ0) is 21.4. The molecule has 174 valence electrons. The standard InChI is InChI=1S/C26H52O3/c1-4-7-9-11-13-15-17-19-21-25(28-23-24-29-26(27)6-3)22-20-18-16-14-12-10-8-5-2/h25H,4-24H2,1-3H3. The van der Waals surface area contributed by atoms with Crippen molar-refractivity contribution in [2.24, 2.45) is 0 Å². The minimum Gasteiger partial charge on any atom is -0.463 e. The molecule has 0 aliphatic carbocycles. The number of carbonyl (C=O) groups excluding carboxylic acids is 1. The maximum atomic E-state index is 11.3. The third kappa shape index (κ3) is 21.9. The molecule has 0 atom stereocenters.